The molecule has 1 aromatic carbocycles. The van der Waals surface area contributed by atoms with E-state index in [1.165, 1.54) is 12.5 Å². The Morgan fingerprint density at radius 1 is 1.16 bits per heavy atom. The van der Waals surface area contributed by atoms with Crippen LogP contribution < -0.4 is 10.6 Å². The van der Waals surface area contributed by atoms with Crippen LogP contribution in [0.15, 0.2) is 12.1 Å². The average Bonchev–Trinajstić information content (AvgIpc) is 3.05. The minimum absolute atomic E-state index is 0.0318. The van der Waals surface area contributed by atoms with E-state index in [0.29, 0.717) is 6.54 Å². The molecule has 0 aromatic heterocycles. The molecule has 0 aliphatic heterocycles. The van der Waals surface area contributed by atoms with Crippen molar-refractivity contribution in [3.8, 4) is 0 Å². The van der Waals surface area contributed by atoms with E-state index in [4.69, 9.17) is 0 Å². The van der Waals surface area contributed by atoms with Crippen LogP contribution in [-0.2, 0) is 16.1 Å². The predicted octanol–water partition coefficient (Wildman–Crippen LogP) is 2.28. The first-order valence-corrected chi connectivity index (χ1v) is 9.12. The maximum absolute atomic E-state index is 12.5. The van der Waals surface area contributed by atoms with Gasteiger partial charge in [0.05, 0.1) is 6.10 Å². The molecular formula is C20H30N2O3. The van der Waals surface area contributed by atoms with Gasteiger partial charge in [-0.15, -0.1) is 0 Å². The summed E-state index contributed by atoms with van der Waals surface area (Å²) in [5, 5.41) is 15.5. The lowest BCUT2D eigenvalue weighted by atomic mass is 9.99. The van der Waals surface area contributed by atoms with Gasteiger partial charge in [-0.05, 0) is 57.2 Å². The summed E-state index contributed by atoms with van der Waals surface area (Å²) in [7, 11) is 0. The predicted molar refractivity (Wildman–Crippen MR) is 98.1 cm³/mol. The minimum atomic E-state index is -0.939. The van der Waals surface area contributed by atoms with Gasteiger partial charge in [0, 0.05) is 12.5 Å². The molecule has 1 aliphatic carbocycles. The fraction of sp³-hybridized carbons (Fsp3) is 0.600. The first-order chi connectivity index (χ1) is 11.8. The number of hydrogen-bond acceptors (Lipinski definition) is 3. The fourth-order valence-electron chi connectivity index (χ4n) is 3.64. The van der Waals surface area contributed by atoms with E-state index in [1.54, 1.807) is 0 Å². The number of aliphatic hydroxyl groups excluding tert-OH is 1. The van der Waals surface area contributed by atoms with Gasteiger partial charge in [-0.1, -0.05) is 30.5 Å². The summed E-state index contributed by atoms with van der Waals surface area (Å²) in [6, 6.07) is 3.25. The third kappa shape index (κ3) is 5.05. The van der Waals surface area contributed by atoms with Crippen LogP contribution in [0.3, 0.4) is 0 Å². The molecule has 0 bridgehead atoms. The summed E-state index contributed by atoms with van der Waals surface area (Å²) in [5.74, 6) is -0.502. The summed E-state index contributed by atoms with van der Waals surface area (Å²) in [4.78, 5) is 24.8. The van der Waals surface area contributed by atoms with Gasteiger partial charge in [0.1, 0.15) is 6.04 Å². The van der Waals surface area contributed by atoms with Gasteiger partial charge >= 0.3 is 0 Å². The topological polar surface area (TPSA) is 78.4 Å². The molecule has 1 aliphatic rings. The van der Waals surface area contributed by atoms with Crippen molar-refractivity contribution in [1.29, 1.82) is 0 Å². The zero-order chi connectivity index (χ0) is 18.6. The van der Waals surface area contributed by atoms with Crippen molar-refractivity contribution < 1.29 is 14.7 Å². The highest BCUT2D eigenvalue weighted by Gasteiger charge is 2.30. The Balaban J connectivity index is 1.99. The molecule has 5 heteroatoms. The first-order valence-electron chi connectivity index (χ1n) is 9.12. The Labute approximate surface area is 150 Å². The molecule has 1 saturated carbocycles. The zero-order valence-electron chi connectivity index (χ0n) is 15.7. The van der Waals surface area contributed by atoms with E-state index in [1.807, 2.05) is 20.8 Å². The summed E-state index contributed by atoms with van der Waals surface area (Å²) in [6.07, 6.45) is 2.89. The molecule has 0 saturated heterocycles. The lowest BCUT2D eigenvalue weighted by Gasteiger charge is -2.23. The second-order valence-corrected chi connectivity index (χ2v) is 7.30. The number of amides is 2. The van der Waals surface area contributed by atoms with Gasteiger partial charge in [-0.25, -0.2) is 0 Å². The van der Waals surface area contributed by atoms with Crippen molar-refractivity contribution in [3.05, 3.63) is 34.4 Å². The van der Waals surface area contributed by atoms with Crippen LogP contribution >= 0.6 is 0 Å². The van der Waals surface area contributed by atoms with Gasteiger partial charge in [0.2, 0.25) is 11.8 Å². The van der Waals surface area contributed by atoms with Gasteiger partial charge in [-0.2, -0.15) is 0 Å². The molecule has 1 aromatic rings. The van der Waals surface area contributed by atoms with E-state index in [0.717, 1.165) is 42.4 Å². The van der Waals surface area contributed by atoms with E-state index in [-0.39, 0.29) is 17.7 Å². The third-order valence-corrected chi connectivity index (χ3v) is 5.07. The molecule has 2 rings (SSSR count). The van der Waals surface area contributed by atoms with Crippen molar-refractivity contribution >= 4 is 11.8 Å². The lowest BCUT2D eigenvalue weighted by Crippen LogP contribution is -2.53. The summed E-state index contributed by atoms with van der Waals surface area (Å²) < 4.78 is 0. The molecular weight excluding hydrogens is 316 g/mol. The maximum atomic E-state index is 12.5. The van der Waals surface area contributed by atoms with E-state index >= 15 is 0 Å². The van der Waals surface area contributed by atoms with Crippen molar-refractivity contribution in [2.45, 2.75) is 72.1 Å². The molecule has 0 heterocycles. The van der Waals surface area contributed by atoms with Crippen LogP contribution in [-0.4, -0.2) is 29.1 Å². The van der Waals surface area contributed by atoms with Gasteiger partial charge in [0.25, 0.3) is 0 Å². The largest absolute Gasteiger partial charge is 0.391 e. The van der Waals surface area contributed by atoms with Crippen molar-refractivity contribution in [1.82, 2.24) is 10.6 Å². The monoisotopic (exact) mass is 346 g/mol. The highest BCUT2D eigenvalue weighted by molar-refractivity contribution is 5.89. The average molecular weight is 346 g/mol. The minimum Gasteiger partial charge on any atom is -0.391 e. The Morgan fingerprint density at radius 2 is 1.72 bits per heavy atom. The fourth-order valence-corrected chi connectivity index (χ4v) is 3.64. The van der Waals surface area contributed by atoms with E-state index < -0.39 is 12.1 Å². The van der Waals surface area contributed by atoms with Gasteiger partial charge in [-0.3, -0.25) is 9.59 Å². The van der Waals surface area contributed by atoms with Crippen molar-refractivity contribution in [3.63, 3.8) is 0 Å². The smallest absolute Gasteiger partial charge is 0.245 e. The van der Waals surface area contributed by atoms with Crippen LogP contribution in [0.1, 0.15) is 54.9 Å². The Bertz CT molecular complexity index is 611. The van der Waals surface area contributed by atoms with Crippen LogP contribution in [0.4, 0.5) is 0 Å². The number of aryl methyl sites for hydroxylation is 3. The molecule has 0 radical (unpaired) electrons. The molecule has 2 amide bonds. The summed E-state index contributed by atoms with van der Waals surface area (Å²) in [5.41, 5.74) is 4.52. The molecule has 138 valence electrons. The maximum Gasteiger partial charge on any atom is 0.245 e. The van der Waals surface area contributed by atoms with Gasteiger partial charge in [0.15, 0.2) is 0 Å². The SMILES string of the molecule is Cc1cc(C)c(CNC(=O)C(NC(=O)C2CCCC2)C(C)O)c(C)c1. The highest BCUT2D eigenvalue weighted by atomic mass is 16.3. The molecule has 2 atom stereocenters. The number of aliphatic hydroxyl groups is 1. The number of benzene rings is 1. The molecule has 1 fully saturated rings. The van der Waals surface area contributed by atoms with Crippen LogP contribution in [0.25, 0.3) is 0 Å². The van der Waals surface area contributed by atoms with Crippen molar-refractivity contribution in [2.24, 2.45) is 5.92 Å². The Morgan fingerprint density at radius 3 is 2.24 bits per heavy atom. The molecule has 0 spiro atoms. The zero-order valence-corrected chi connectivity index (χ0v) is 15.7. The first kappa shape index (κ1) is 19.4. The van der Waals surface area contributed by atoms with E-state index in [9.17, 15) is 14.7 Å². The number of carbonyl (C=O) groups is 2. The molecule has 5 nitrogen and oxygen atoms in total. The van der Waals surface area contributed by atoms with Crippen LogP contribution in [0.2, 0.25) is 0 Å². The van der Waals surface area contributed by atoms with Crippen LogP contribution in [0, 0.1) is 26.7 Å². The number of hydrogen-bond donors (Lipinski definition) is 3. The highest BCUT2D eigenvalue weighted by Crippen LogP contribution is 2.24. The second-order valence-electron chi connectivity index (χ2n) is 7.30. The molecule has 3 N–H and O–H groups in total. The molecule has 2 unspecified atom stereocenters. The normalized spacial score (nSPS) is 17.2. The lowest BCUT2D eigenvalue weighted by molar-refractivity contribution is -0.133. The molecule has 25 heavy (non-hydrogen) atoms. The van der Waals surface area contributed by atoms with Crippen LogP contribution in [0.5, 0.6) is 0 Å². The Hall–Kier alpha value is -1.88. The second kappa shape index (κ2) is 8.48. The van der Waals surface area contributed by atoms with Crippen molar-refractivity contribution in [2.75, 3.05) is 0 Å². The Kier molecular flexibility index (Phi) is 6.59. The summed E-state index contributed by atoms with van der Waals surface area (Å²) >= 11 is 0. The number of nitrogens with one attached hydrogen (secondary N) is 2. The quantitative estimate of drug-likeness (QED) is 0.739. The third-order valence-electron chi connectivity index (χ3n) is 5.07. The van der Waals surface area contributed by atoms with Gasteiger partial charge < -0.3 is 15.7 Å². The van der Waals surface area contributed by atoms with E-state index in [2.05, 4.69) is 22.8 Å². The summed E-state index contributed by atoms with van der Waals surface area (Å²) in [6.45, 7) is 8.01. The standard InChI is InChI=1S/C20H30N2O3/c1-12-9-13(2)17(14(3)10-12)11-21-20(25)18(15(4)23)22-19(24)16-7-5-6-8-16/h9-10,15-16,18,23H,5-8,11H2,1-4H3,(H,21,25)(H,22,24). The number of carbonyl (C=O) groups excluding carboxylic acids is 2. The number of rotatable bonds is 6.